The van der Waals surface area contributed by atoms with Crippen LogP contribution in [-0.4, -0.2) is 11.8 Å². The zero-order chi connectivity index (χ0) is 19.6. The van der Waals surface area contributed by atoms with Gasteiger partial charge in [-0.25, -0.2) is 0 Å². The Balaban J connectivity index is 2.23. The SMILES string of the molecule is N#CC1=C(N)Oc2c(Br)cc(Br)cc2C1C(N=[N+]=[N-])C(=O)c1ccccc1. The molecule has 0 radical (unpaired) electrons. The van der Waals surface area contributed by atoms with Gasteiger partial charge >= 0.3 is 0 Å². The number of ether oxygens (including phenoxy) is 1. The van der Waals surface area contributed by atoms with Crippen molar-refractivity contribution in [1.29, 1.82) is 5.26 Å². The second-order valence-corrected chi connectivity index (χ2v) is 7.43. The molecular formula is C18H11Br2N5O2. The normalized spacial score (nSPS) is 16.4. The van der Waals surface area contributed by atoms with E-state index in [1.54, 1.807) is 42.5 Å². The number of hydrogen-bond acceptors (Lipinski definition) is 5. The van der Waals surface area contributed by atoms with Gasteiger partial charge in [0.2, 0.25) is 5.88 Å². The highest BCUT2D eigenvalue weighted by atomic mass is 79.9. The summed E-state index contributed by atoms with van der Waals surface area (Å²) >= 11 is 6.79. The molecule has 2 unspecified atom stereocenters. The Kier molecular flexibility index (Phi) is 5.51. The van der Waals surface area contributed by atoms with Crippen molar-refractivity contribution in [2.45, 2.75) is 12.0 Å². The van der Waals surface area contributed by atoms with Crippen molar-refractivity contribution >= 4 is 37.6 Å². The van der Waals surface area contributed by atoms with E-state index in [1.807, 2.05) is 6.07 Å². The summed E-state index contributed by atoms with van der Waals surface area (Å²) in [5.74, 6) is -1.05. The summed E-state index contributed by atoms with van der Waals surface area (Å²) in [7, 11) is 0. The van der Waals surface area contributed by atoms with Crippen molar-refractivity contribution in [3.05, 3.63) is 84.4 Å². The lowest BCUT2D eigenvalue weighted by atomic mass is 9.80. The van der Waals surface area contributed by atoms with Crippen LogP contribution in [0.15, 0.2) is 68.0 Å². The van der Waals surface area contributed by atoms with Gasteiger partial charge in [0.1, 0.15) is 17.9 Å². The van der Waals surface area contributed by atoms with Gasteiger partial charge in [0.15, 0.2) is 5.78 Å². The van der Waals surface area contributed by atoms with Crippen LogP contribution >= 0.6 is 31.9 Å². The van der Waals surface area contributed by atoms with Crippen LogP contribution in [0.25, 0.3) is 10.4 Å². The van der Waals surface area contributed by atoms with Crippen molar-refractivity contribution in [2.24, 2.45) is 10.8 Å². The number of hydrogen-bond donors (Lipinski definition) is 1. The second-order valence-electron chi connectivity index (χ2n) is 5.66. The van der Waals surface area contributed by atoms with Crippen molar-refractivity contribution < 1.29 is 9.53 Å². The molecule has 0 amide bonds. The maximum Gasteiger partial charge on any atom is 0.205 e. The Bertz CT molecular complexity index is 1040. The molecule has 1 heterocycles. The number of Topliss-reactive ketones (excluding diaryl/α,β-unsaturated/α-hetero) is 1. The van der Waals surface area contributed by atoms with E-state index in [4.69, 9.17) is 16.0 Å². The first kappa shape index (κ1) is 19.0. The third-order valence-electron chi connectivity index (χ3n) is 4.10. The number of ketones is 1. The number of fused-ring (bicyclic) bond motifs is 1. The molecule has 2 aromatic rings. The molecule has 0 aromatic heterocycles. The Morgan fingerprint density at radius 3 is 2.67 bits per heavy atom. The van der Waals surface area contributed by atoms with Gasteiger partial charge in [-0.1, -0.05) is 51.4 Å². The van der Waals surface area contributed by atoms with E-state index in [9.17, 15) is 10.1 Å². The summed E-state index contributed by atoms with van der Waals surface area (Å²) in [5, 5.41) is 13.3. The smallest absolute Gasteiger partial charge is 0.205 e. The standard InChI is InChI=1S/C18H11Br2N5O2/c19-10-6-11-14(12(8-21)18(22)27-17(11)13(20)7-10)15(24-25-23)16(26)9-4-2-1-3-5-9/h1-7,14-15H,22H2. The average molecular weight is 489 g/mol. The van der Waals surface area contributed by atoms with Gasteiger partial charge in [-0.3, -0.25) is 4.79 Å². The zero-order valence-corrected chi connectivity index (χ0v) is 16.8. The topological polar surface area (TPSA) is 125 Å². The summed E-state index contributed by atoms with van der Waals surface area (Å²) in [6, 6.07) is 12.7. The van der Waals surface area contributed by atoms with Gasteiger partial charge in [0.25, 0.3) is 0 Å². The van der Waals surface area contributed by atoms with E-state index in [2.05, 4.69) is 41.9 Å². The van der Waals surface area contributed by atoms with Crippen molar-refractivity contribution in [3.63, 3.8) is 0 Å². The minimum absolute atomic E-state index is 0.0363. The molecule has 1 aliphatic heterocycles. The number of nitriles is 1. The molecular weight excluding hydrogens is 478 g/mol. The lowest BCUT2D eigenvalue weighted by Crippen LogP contribution is -2.32. The number of nitrogens with two attached hydrogens (primary N) is 1. The molecule has 7 nitrogen and oxygen atoms in total. The Morgan fingerprint density at radius 1 is 1.33 bits per heavy atom. The second kappa shape index (κ2) is 7.84. The fraction of sp³-hybridized carbons (Fsp3) is 0.111. The van der Waals surface area contributed by atoms with Crippen molar-refractivity contribution in [1.82, 2.24) is 0 Å². The molecule has 134 valence electrons. The predicted molar refractivity (Wildman–Crippen MR) is 106 cm³/mol. The van der Waals surface area contributed by atoms with E-state index >= 15 is 0 Å². The molecule has 0 saturated carbocycles. The van der Waals surface area contributed by atoms with E-state index in [0.29, 0.717) is 25.8 Å². The Labute approximate surface area is 171 Å². The summed E-state index contributed by atoms with van der Waals surface area (Å²) in [6.45, 7) is 0. The summed E-state index contributed by atoms with van der Waals surface area (Å²) < 4.78 is 6.87. The average Bonchev–Trinajstić information content (AvgIpc) is 2.66. The Morgan fingerprint density at radius 2 is 2.04 bits per heavy atom. The van der Waals surface area contributed by atoms with Crippen LogP contribution in [0.2, 0.25) is 0 Å². The molecule has 2 aromatic carbocycles. The van der Waals surface area contributed by atoms with Gasteiger partial charge in [-0.05, 0) is 33.6 Å². The highest BCUT2D eigenvalue weighted by Crippen LogP contribution is 2.46. The first-order valence-electron chi connectivity index (χ1n) is 7.68. The molecule has 27 heavy (non-hydrogen) atoms. The predicted octanol–water partition coefficient (Wildman–Crippen LogP) is 4.94. The number of halogens is 2. The number of carbonyl (C=O) groups excluding carboxylic acids is 1. The van der Waals surface area contributed by atoms with Gasteiger partial charge in [-0.15, -0.1) is 0 Å². The largest absolute Gasteiger partial charge is 0.439 e. The van der Waals surface area contributed by atoms with E-state index in [0.717, 1.165) is 0 Å². The van der Waals surface area contributed by atoms with Crippen LogP contribution in [0, 0.1) is 11.3 Å². The summed E-state index contributed by atoms with van der Waals surface area (Å²) in [6.07, 6.45) is 0. The van der Waals surface area contributed by atoms with Gasteiger partial charge in [0, 0.05) is 26.4 Å². The van der Waals surface area contributed by atoms with Crippen LogP contribution in [0.4, 0.5) is 0 Å². The number of benzene rings is 2. The van der Waals surface area contributed by atoms with Crippen LogP contribution in [0.1, 0.15) is 21.8 Å². The van der Waals surface area contributed by atoms with E-state index < -0.39 is 17.7 Å². The van der Waals surface area contributed by atoms with E-state index in [1.165, 1.54) is 0 Å². The fourth-order valence-corrected chi connectivity index (χ4v) is 4.28. The maximum atomic E-state index is 13.1. The van der Waals surface area contributed by atoms with E-state index in [-0.39, 0.29) is 11.5 Å². The number of rotatable bonds is 4. The monoisotopic (exact) mass is 487 g/mol. The molecule has 0 saturated heterocycles. The first-order chi connectivity index (χ1) is 13.0. The maximum absolute atomic E-state index is 13.1. The van der Waals surface area contributed by atoms with Crippen LogP contribution in [0.3, 0.4) is 0 Å². The molecule has 0 aliphatic carbocycles. The number of azide groups is 1. The van der Waals surface area contributed by atoms with Gasteiger partial charge in [0.05, 0.1) is 10.0 Å². The molecule has 9 heteroatoms. The lowest BCUT2D eigenvalue weighted by Gasteiger charge is -2.30. The number of nitrogens with zero attached hydrogens (tertiary/aromatic N) is 4. The molecule has 2 N–H and O–H groups in total. The van der Waals surface area contributed by atoms with Gasteiger partial charge in [-0.2, -0.15) is 5.26 Å². The van der Waals surface area contributed by atoms with Crippen molar-refractivity contribution in [2.75, 3.05) is 0 Å². The fourth-order valence-electron chi connectivity index (χ4n) is 2.94. The molecule has 1 aliphatic rings. The third kappa shape index (κ3) is 3.55. The van der Waals surface area contributed by atoms with Crippen LogP contribution in [-0.2, 0) is 0 Å². The molecule has 0 bridgehead atoms. The van der Waals surface area contributed by atoms with Crippen LogP contribution < -0.4 is 10.5 Å². The first-order valence-corrected chi connectivity index (χ1v) is 9.26. The van der Waals surface area contributed by atoms with Gasteiger partial charge < -0.3 is 10.5 Å². The minimum atomic E-state index is -1.20. The molecule has 0 spiro atoms. The minimum Gasteiger partial charge on any atom is -0.439 e. The third-order valence-corrected chi connectivity index (χ3v) is 5.15. The highest BCUT2D eigenvalue weighted by molar-refractivity contribution is 9.11. The highest BCUT2D eigenvalue weighted by Gasteiger charge is 2.39. The lowest BCUT2D eigenvalue weighted by molar-refractivity contribution is 0.0952. The quantitative estimate of drug-likeness (QED) is 0.283. The molecule has 3 rings (SSSR count). The van der Waals surface area contributed by atoms with Crippen LogP contribution in [0.5, 0.6) is 5.75 Å². The number of carbonyl (C=O) groups is 1. The Hall–Kier alpha value is -2.79. The zero-order valence-electron chi connectivity index (χ0n) is 13.6. The van der Waals surface area contributed by atoms with Crippen molar-refractivity contribution in [3.8, 4) is 11.8 Å². The summed E-state index contributed by atoms with van der Waals surface area (Å²) in [4.78, 5) is 15.9. The summed E-state index contributed by atoms with van der Waals surface area (Å²) in [5.41, 5.74) is 15.9. The molecule has 2 atom stereocenters. The molecule has 0 fully saturated rings.